The molecule has 0 aromatic carbocycles. The van der Waals surface area contributed by atoms with Gasteiger partial charge in [-0.2, -0.15) is 0 Å². The van der Waals surface area contributed by atoms with Crippen molar-refractivity contribution in [2.24, 2.45) is 0 Å². The number of aromatic nitrogens is 3. The van der Waals surface area contributed by atoms with Crippen molar-refractivity contribution < 1.29 is 0 Å². The lowest BCUT2D eigenvalue weighted by Crippen LogP contribution is -2.01. The van der Waals surface area contributed by atoms with Crippen molar-refractivity contribution in [1.82, 2.24) is 14.4 Å². The quantitative estimate of drug-likeness (QED) is 0.785. The maximum atomic E-state index is 4.75. The largest absolute Gasteiger partial charge is 0.301 e. The second kappa shape index (κ2) is 5.30. The van der Waals surface area contributed by atoms with Crippen LogP contribution in [0.4, 0.5) is 0 Å². The minimum atomic E-state index is 0.602. The van der Waals surface area contributed by atoms with Crippen LogP contribution in [-0.4, -0.2) is 14.4 Å². The van der Waals surface area contributed by atoms with Crippen molar-refractivity contribution in [2.75, 3.05) is 0 Å². The van der Waals surface area contributed by atoms with Gasteiger partial charge in [-0.15, -0.1) is 0 Å². The summed E-state index contributed by atoms with van der Waals surface area (Å²) in [5.74, 6) is 0.602. The van der Waals surface area contributed by atoms with Crippen LogP contribution in [0.3, 0.4) is 0 Å². The molecule has 0 saturated carbocycles. The van der Waals surface area contributed by atoms with E-state index in [1.165, 1.54) is 37.1 Å². The number of fused-ring (bicyclic) bond motifs is 1. The van der Waals surface area contributed by atoms with Crippen molar-refractivity contribution >= 4 is 5.65 Å². The van der Waals surface area contributed by atoms with E-state index in [0.29, 0.717) is 5.92 Å². The standard InChI is InChI=1S/C14H21N3/c1-4-6-12(7-5-2)14-11(3)17-9-8-15-10-13(17)16-14/h8-10,12H,4-7H2,1-3H3. The molecule has 2 rings (SSSR count). The first-order valence-electron chi connectivity index (χ1n) is 6.56. The predicted octanol–water partition coefficient (Wildman–Crippen LogP) is 3.72. The van der Waals surface area contributed by atoms with Crippen molar-refractivity contribution in [3.8, 4) is 0 Å². The lowest BCUT2D eigenvalue weighted by atomic mass is 9.94. The highest BCUT2D eigenvalue weighted by molar-refractivity contribution is 5.41. The van der Waals surface area contributed by atoms with Gasteiger partial charge in [-0.05, 0) is 19.8 Å². The first kappa shape index (κ1) is 12.1. The van der Waals surface area contributed by atoms with Gasteiger partial charge < -0.3 is 4.40 Å². The van der Waals surface area contributed by atoms with Gasteiger partial charge in [-0.3, -0.25) is 4.98 Å². The predicted molar refractivity (Wildman–Crippen MR) is 70.3 cm³/mol. The summed E-state index contributed by atoms with van der Waals surface area (Å²) in [5.41, 5.74) is 3.51. The third kappa shape index (κ3) is 2.33. The molecule has 0 bridgehead atoms. The van der Waals surface area contributed by atoms with E-state index in [0.717, 1.165) is 5.65 Å². The number of hydrogen-bond donors (Lipinski definition) is 0. The second-order valence-electron chi connectivity index (χ2n) is 4.66. The summed E-state index contributed by atoms with van der Waals surface area (Å²) in [6.45, 7) is 6.65. The molecule has 0 aliphatic rings. The molecule has 0 N–H and O–H groups in total. The van der Waals surface area contributed by atoms with Crippen molar-refractivity contribution in [3.05, 3.63) is 30.0 Å². The first-order chi connectivity index (χ1) is 8.27. The zero-order valence-corrected chi connectivity index (χ0v) is 11.0. The van der Waals surface area contributed by atoms with E-state index >= 15 is 0 Å². The van der Waals surface area contributed by atoms with E-state index < -0.39 is 0 Å². The fourth-order valence-electron chi connectivity index (χ4n) is 2.55. The molecule has 0 unspecified atom stereocenters. The summed E-state index contributed by atoms with van der Waals surface area (Å²) < 4.78 is 2.14. The SMILES string of the molecule is CCCC(CCC)c1nc2cnccn2c1C. The highest BCUT2D eigenvalue weighted by Gasteiger charge is 2.17. The second-order valence-corrected chi connectivity index (χ2v) is 4.66. The third-order valence-electron chi connectivity index (χ3n) is 3.37. The zero-order valence-electron chi connectivity index (χ0n) is 11.0. The lowest BCUT2D eigenvalue weighted by Gasteiger charge is -2.13. The van der Waals surface area contributed by atoms with E-state index in [2.05, 4.69) is 30.2 Å². The molecule has 92 valence electrons. The van der Waals surface area contributed by atoms with Crippen LogP contribution in [-0.2, 0) is 0 Å². The van der Waals surface area contributed by atoms with Gasteiger partial charge in [-0.25, -0.2) is 4.98 Å². The number of aryl methyl sites for hydroxylation is 1. The summed E-state index contributed by atoms with van der Waals surface area (Å²) in [5, 5.41) is 0. The van der Waals surface area contributed by atoms with E-state index in [9.17, 15) is 0 Å². The minimum Gasteiger partial charge on any atom is -0.301 e. The smallest absolute Gasteiger partial charge is 0.155 e. The molecule has 0 spiro atoms. The molecule has 0 saturated heterocycles. The number of hydrogen-bond acceptors (Lipinski definition) is 2. The monoisotopic (exact) mass is 231 g/mol. The van der Waals surface area contributed by atoms with Gasteiger partial charge >= 0.3 is 0 Å². The van der Waals surface area contributed by atoms with Crippen LogP contribution in [0, 0.1) is 6.92 Å². The summed E-state index contributed by atoms with van der Waals surface area (Å²) in [6.07, 6.45) is 10.5. The lowest BCUT2D eigenvalue weighted by molar-refractivity contribution is 0.548. The molecule has 3 heteroatoms. The zero-order chi connectivity index (χ0) is 12.3. The van der Waals surface area contributed by atoms with Gasteiger partial charge in [0.05, 0.1) is 11.9 Å². The van der Waals surface area contributed by atoms with Crippen molar-refractivity contribution in [3.63, 3.8) is 0 Å². The molecule has 0 fully saturated rings. The van der Waals surface area contributed by atoms with Gasteiger partial charge in [0.15, 0.2) is 5.65 Å². The van der Waals surface area contributed by atoms with Crippen LogP contribution in [0.15, 0.2) is 18.6 Å². The Bertz CT molecular complexity index is 481. The molecule has 0 aliphatic heterocycles. The molecule has 2 aromatic heterocycles. The summed E-state index contributed by atoms with van der Waals surface area (Å²) >= 11 is 0. The fraction of sp³-hybridized carbons (Fsp3) is 0.571. The minimum absolute atomic E-state index is 0.602. The maximum absolute atomic E-state index is 4.75. The highest BCUT2D eigenvalue weighted by Crippen LogP contribution is 2.28. The van der Waals surface area contributed by atoms with E-state index in [-0.39, 0.29) is 0 Å². The van der Waals surface area contributed by atoms with Gasteiger partial charge in [-0.1, -0.05) is 26.7 Å². The molecular weight excluding hydrogens is 210 g/mol. The summed E-state index contributed by atoms with van der Waals surface area (Å²) in [4.78, 5) is 8.89. The number of imidazole rings is 1. The van der Waals surface area contributed by atoms with Gasteiger partial charge in [0.25, 0.3) is 0 Å². The normalized spacial score (nSPS) is 11.5. The Morgan fingerprint density at radius 1 is 1.24 bits per heavy atom. The Hall–Kier alpha value is -1.38. The Kier molecular flexibility index (Phi) is 3.77. The van der Waals surface area contributed by atoms with Gasteiger partial charge in [0.1, 0.15) is 0 Å². The molecule has 0 amide bonds. The van der Waals surface area contributed by atoms with Crippen LogP contribution < -0.4 is 0 Å². The van der Waals surface area contributed by atoms with Gasteiger partial charge in [0, 0.05) is 24.0 Å². The first-order valence-corrected chi connectivity index (χ1v) is 6.56. The Labute approximate surface area is 103 Å². The fourth-order valence-corrected chi connectivity index (χ4v) is 2.55. The topological polar surface area (TPSA) is 30.2 Å². The third-order valence-corrected chi connectivity index (χ3v) is 3.37. The summed E-state index contributed by atoms with van der Waals surface area (Å²) in [6, 6.07) is 0. The average molecular weight is 231 g/mol. The molecule has 3 nitrogen and oxygen atoms in total. The van der Waals surface area contributed by atoms with Crippen LogP contribution in [0.5, 0.6) is 0 Å². The number of rotatable bonds is 5. The van der Waals surface area contributed by atoms with E-state index in [4.69, 9.17) is 4.98 Å². The molecule has 0 atom stereocenters. The van der Waals surface area contributed by atoms with E-state index in [1.54, 1.807) is 0 Å². The molecule has 2 heterocycles. The van der Waals surface area contributed by atoms with Crippen LogP contribution in [0.2, 0.25) is 0 Å². The highest BCUT2D eigenvalue weighted by atomic mass is 15.0. The van der Waals surface area contributed by atoms with Gasteiger partial charge in [0.2, 0.25) is 0 Å². The number of nitrogens with zero attached hydrogens (tertiary/aromatic N) is 3. The van der Waals surface area contributed by atoms with Crippen LogP contribution in [0.1, 0.15) is 56.8 Å². The van der Waals surface area contributed by atoms with Crippen molar-refractivity contribution in [2.45, 2.75) is 52.4 Å². The Morgan fingerprint density at radius 3 is 2.53 bits per heavy atom. The molecular formula is C14H21N3. The summed E-state index contributed by atoms with van der Waals surface area (Å²) in [7, 11) is 0. The Balaban J connectivity index is 2.42. The van der Waals surface area contributed by atoms with Crippen LogP contribution in [0.25, 0.3) is 5.65 Å². The molecule has 0 aliphatic carbocycles. The molecule has 0 radical (unpaired) electrons. The van der Waals surface area contributed by atoms with Crippen LogP contribution >= 0.6 is 0 Å². The molecule has 17 heavy (non-hydrogen) atoms. The van der Waals surface area contributed by atoms with E-state index in [1.807, 2.05) is 18.6 Å². The average Bonchev–Trinajstić information content (AvgIpc) is 2.67. The molecule has 2 aromatic rings. The maximum Gasteiger partial charge on any atom is 0.155 e. The Morgan fingerprint density at radius 2 is 1.94 bits per heavy atom. The van der Waals surface area contributed by atoms with Crippen molar-refractivity contribution in [1.29, 1.82) is 0 Å².